The first-order valence-corrected chi connectivity index (χ1v) is 9.55. The number of rotatable bonds is 7. The van der Waals surface area contributed by atoms with Gasteiger partial charge in [0.15, 0.2) is 11.5 Å². The molecule has 1 aliphatic rings. The zero-order valence-corrected chi connectivity index (χ0v) is 16.0. The maximum atomic E-state index is 10.4. The number of aliphatic imine (C=N–C) groups is 1. The molecule has 1 heterocycles. The summed E-state index contributed by atoms with van der Waals surface area (Å²) >= 11 is 0. The molecule has 144 valence electrons. The Labute approximate surface area is 161 Å². The molecule has 1 saturated heterocycles. The van der Waals surface area contributed by atoms with Gasteiger partial charge in [-0.15, -0.1) is 0 Å². The molecular formula is C22H28N2O3. The molecule has 2 atom stereocenters. The van der Waals surface area contributed by atoms with Crippen LogP contribution in [0.2, 0.25) is 0 Å². The Kier molecular flexibility index (Phi) is 6.85. The van der Waals surface area contributed by atoms with Crippen LogP contribution in [0.3, 0.4) is 0 Å². The lowest BCUT2D eigenvalue weighted by Gasteiger charge is -2.37. The van der Waals surface area contributed by atoms with E-state index in [1.807, 2.05) is 25.1 Å². The van der Waals surface area contributed by atoms with Crippen molar-refractivity contribution in [1.82, 2.24) is 4.90 Å². The summed E-state index contributed by atoms with van der Waals surface area (Å²) < 4.78 is 11.0. The third-order valence-corrected chi connectivity index (χ3v) is 4.82. The summed E-state index contributed by atoms with van der Waals surface area (Å²) in [6.45, 7) is 7.81. The predicted molar refractivity (Wildman–Crippen MR) is 108 cm³/mol. The van der Waals surface area contributed by atoms with Gasteiger partial charge in [0.2, 0.25) is 0 Å². The Bertz CT molecular complexity index is 742. The number of para-hydroxylation sites is 1. The van der Waals surface area contributed by atoms with E-state index < -0.39 is 0 Å². The first kappa shape index (κ1) is 19.4. The van der Waals surface area contributed by atoms with Gasteiger partial charge in [0, 0.05) is 24.9 Å². The number of morpholine rings is 1. The van der Waals surface area contributed by atoms with Gasteiger partial charge in [-0.1, -0.05) is 36.4 Å². The van der Waals surface area contributed by atoms with Gasteiger partial charge < -0.3 is 14.6 Å². The molecule has 0 aliphatic carbocycles. The van der Waals surface area contributed by atoms with Crippen LogP contribution >= 0.6 is 0 Å². The normalized spacial score (nSPS) is 17.7. The number of hydrogen-bond donors (Lipinski definition) is 1. The van der Waals surface area contributed by atoms with E-state index in [1.165, 1.54) is 5.56 Å². The SMILES string of the molecule is CCOc1cccc(C=N[C@@H](C)[C@H](c2ccccc2)N2CCOCC2)c1O. The molecule has 2 aromatic rings. The van der Waals surface area contributed by atoms with E-state index in [0.717, 1.165) is 26.3 Å². The molecule has 0 amide bonds. The molecule has 3 rings (SSSR count). The van der Waals surface area contributed by atoms with E-state index >= 15 is 0 Å². The van der Waals surface area contributed by atoms with Gasteiger partial charge in [0.05, 0.1) is 31.9 Å². The van der Waals surface area contributed by atoms with Crippen LogP contribution in [0, 0.1) is 0 Å². The molecule has 5 heteroatoms. The van der Waals surface area contributed by atoms with Gasteiger partial charge in [0.25, 0.3) is 0 Å². The van der Waals surface area contributed by atoms with Crippen molar-refractivity contribution < 1.29 is 14.6 Å². The predicted octanol–water partition coefficient (Wildman–Crippen LogP) is 3.67. The van der Waals surface area contributed by atoms with Gasteiger partial charge in [-0.05, 0) is 31.5 Å². The first-order chi connectivity index (χ1) is 13.2. The average Bonchev–Trinajstić information content (AvgIpc) is 2.71. The van der Waals surface area contributed by atoms with Gasteiger partial charge in [-0.3, -0.25) is 9.89 Å². The van der Waals surface area contributed by atoms with Gasteiger partial charge >= 0.3 is 0 Å². The lowest BCUT2D eigenvalue weighted by Crippen LogP contribution is -2.42. The molecule has 0 radical (unpaired) electrons. The molecule has 0 spiro atoms. The molecule has 0 bridgehead atoms. The number of hydrogen-bond acceptors (Lipinski definition) is 5. The molecule has 27 heavy (non-hydrogen) atoms. The number of phenols is 1. The second kappa shape index (κ2) is 9.53. The van der Waals surface area contributed by atoms with Crippen LogP contribution in [0.15, 0.2) is 53.5 Å². The Hall–Kier alpha value is -2.37. The van der Waals surface area contributed by atoms with E-state index in [2.05, 4.69) is 36.1 Å². The van der Waals surface area contributed by atoms with Crippen LogP contribution < -0.4 is 4.74 Å². The Morgan fingerprint density at radius 2 is 1.89 bits per heavy atom. The molecular weight excluding hydrogens is 340 g/mol. The summed E-state index contributed by atoms with van der Waals surface area (Å²) in [6, 6.07) is 16.1. The number of ether oxygens (including phenoxy) is 2. The molecule has 0 aromatic heterocycles. The third-order valence-electron chi connectivity index (χ3n) is 4.82. The van der Waals surface area contributed by atoms with Crippen molar-refractivity contribution >= 4 is 6.21 Å². The summed E-state index contributed by atoms with van der Waals surface area (Å²) in [5.74, 6) is 0.625. The van der Waals surface area contributed by atoms with Crippen molar-refractivity contribution in [3.63, 3.8) is 0 Å². The van der Waals surface area contributed by atoms with Crippen LogP contribution in [0.5, 0.6) is 11.5 Å². The number of phenolic OH excluding ortho intramolecular Hbond substituents is 1. The fourth-order valence-electron chi connectivity index (χ4n) is 3.50. The van der Waals surface area contributed by atoms with Crippen LogP contribution in [0.1, 0.15) is 31.0 Å². The van der Waals surface area contributed by atoms with Crippen molar-refractivity contribution in [2.75, 3.05) is 32.9 Å². The van der Waals surface area contributed by atoms with E-state index in [-0.39, 0.29) is 17.8 Å². The Morgan fingerprint density at radius 1 is 1.15 bits per heavy atom. The lowest BCUT2D eigenvalue weighted by atomic mass is 9.98. The van der Waals surface area contributed by atoms with Crippen LogP contribution in [0.4, 0.5) is 0 Å². The van der Waals surface area contributed by atoms with E-state index in [0.29, 0.717) is 17.9 Å². The third kappa shape index (κ3) is 4.87. The molecule has 1 aliphatic heterocycles. The largest absolute Gasteiger partial charge is 0.504 e. The van der Waals surface area contributed by atoms with Gasteiger partial charge in [-0.25, -0.2) is 0 Å². The van der Waals surface area contributed by atoms with Crippen molar-refractivity contribution in [3.05, 3.63) is 59.7 Å². The topological polar surface area (TPSA) is 54.3 Å². The van der Waals surface area contributed by atoms with Crippen LogP contribution in [0.25, 0.3) is 0 Å². The van der Waals surface area contributed by atoms with E-state index in [9.17, 15) is 5.11 Å². The fraction of sp³-hybridized carbons (Fsp3) is 0.409. The number of aromatic hydroxyl groups is 1. The second-order valence-electron chi connectivity index (χ2n) is 6.65. The second-order valence-corrected chi connectivity index (χ2v) is 6.65. The summed E-state index contributed by atoms with van der Waals surface area (Å²) in [5.41, 5.74) is 1.91. The van der Waals surface area contributed by atoms with E-state index in [4.69, 9.17) is 14.5 Å². The molecule has 0 unspecified atom stereocenters. The summed E-state index contributed by atoms with van der Waals surface area (Å²) in [4.78, 5) is 7.21. The minimum atomic E-state index is 0.0284. The highest BCUT2D eigenvalue weighted by Crippen LogP contribution is 2.30. The number of benzene rings is 2. The summed E-state index contributed by atoms with van der Waals surface area (Å²) in [6.07, 6.45) is 1.75. The standard InChI is InChI=1S/C22H28N2O3/c1-3-27-20-11-7-10-19(22(20)25)16-23-17(2)21(18-8-5-4-6-9-18)24-12-14-26-15-13-24/h4-11,16-17,21,25H,3,12-15H2,1-2H3/t17-,21+/m0/s1. The van der Waals surface area contributed by atoms with Crippen molar-refractivity contribution in [3.8, 4) is 11.5 Å². The van der Waals surface area contributed by atoms with Gasteiger partial charge in [-0.2, -0.15) is 0 Å². The number of nitrogens with zero attached hydrogens (tertiary/aromatic N) is 2. The minimum Gasteiger partial charge on any atom is -0.504 e. The van der Waals surface area contributed by atoms with Gasteiger partial charge in [0.1, 0.15) is 0 Å². The average molecular weight is 368 g/mol. The molecule has 5 nitrogen and oxygen atoms in total. The maximum Gasteiger partial charge on any atom is 0.166 e. The molecule has 0 saturated carbocycles. The summed E-state index contributed by atoms with van der Waals surface area (Å²) in [5, 5.41) is 10.4. The quantitative estimate of drug-likeness (QED) is 0.758. The molecule has 1 fully saturated rings. The zero-order valence-electron chi connectivity index (χ0n) is 16.0. The zero-order chi connectivity index (χ0) is 19.1. The van der Waals surface area contributed by atoms with Crippen LogP contribution in [-0.4, -0.2) is 55.2 Å². The maximum absolute atomic E-state index is 10.4. The Morgan fingerprint density at radius 3 is 2.59 bits per heavy atom. The summed E-state index contributed by atoms with van der Waals surface area (Å²) in [7, 11) is 0. The van der Waals surface area contributed by atoms with E-state index in [1.54, 1.807) is 12.3 Å². The highest BCUT2D eigenvalue weighted by molar-refractivity contribution is 5.84. The van der Waals surface area contributed by atoms with Crippen molar-refractivity contribution in [2.24, 2.45) is 4.99 Å². The highest BCUT2D eigenvalue weighted by atomic mass is 16.5. The first-order valence-electron chi connectivity index (χ1n) is 9.55. The minimum absolute atomic E-state index is 0.0284. The fourth-order valence-corrected chi connectivity index (χ4v) is 3.50. The lowest BCUT2D eigenvalue weighted by molar-refractivity contribution is 0.0119. The van der Waals surface area contributed by atoms with Crippen molar-refractivity contribution in [1.29, 1.82) is 0 Å². The van der Waals surface area contributed by atoms with Crippen LogP contribution in [-0.2, 0) is 4.74 Å². The smallest absolute Gasteiger partial charge is 0.166 e. The molecule has 2 aromatic carbocycles. The molecule has 1 N–H and O–H groups in total. The Balaban J connectivity index is 1.83. The van der Waals surface area contributed by atoms with Crippen molar-refractivity contribution in [2.45, 2.75) is 25.9 Å². The monoisotopic (exact) mass is 368 g/mol. The highest BCUT2D eigenvalue weighted by Gasteiger charge is 2.27.